The van der Waals surface area contributed by atoms with Gasteiger partial charge in [0.25, 0.3) is 0 Å². The Morgan fingerprint density at radius 2 is 1.84 bits per heavy atom. The van der Waals surface area contributed by atoms with Crippen molar-refractivity contribution in [1.82, 2.24) is 4.90 Å². The molecule has 2 aliphatic heterocycles. The maximum Gasteiger partial charge on any atom is 0.231 e. The van der Waals surface area contributed by atoms with E-state index in [0.717, 1.165) is 11.3 Å². The first kappa shape index (κ1) is 17.6. The molecule has 0 unspecified atom stereocenters. The van der Waals surface area contributed by atoms with E-state index in [4.69, 9.17) is 15.2 Å². The number of ether oxygens (including phenoxy) is 2. The van der Waals surface area contributed by atoms with Gasteiger partial charge in [0.2, 0.25) is 12.7 Å². The maximum absolute atomic E-state index is 12.6. The van der Waals surface area contributed by atoms with Crippen molar-refractivity contribution in [3.63, 3.8) is 0 Å². The Hall–Kier alpha value is -2.24. The molecule has 25 heavy (non-hydrogen) atoms. The van der Waals surface area contributed by atoms with Crippen molar-refractivity contribution in [1.29, 1.82) is 0 Å². The summed E-state index contributed by atoms with van der Waals surface area (Å²) in [4.78, 5) is 14.5. The molecule has 6 heteroatoms. The number of fused-ring (bicyclic) bond motifs is 1. The molecular formula is C19H21ClN2O3. The van der Waals surface area contributed by atoms with E-state index < -0.39 is 0 Å². The first-order valence-corrected chi connectivity index (χ1v) is 8.17. The number of halogens is 1. The minimum atomic E-state index is -0.0203. The summed E-state index contributed by atoms with van der Waals surface area (Å²) in [5, 5.41) is 0. The molecule has 2 aliphatic rings. The number of likely N-dealkylation sites (tertiary alicyclic amines) is 1. The standard InChI is InChI=1S/C19H20N2O3.ClH/c20-16-11-21(10-15(16)14-4-2-1-3-5-14)19(22)9-13-6-7-17-18(8-13)24-12-23-17;/h1-8,15-16H,9-12,20H2;1H/t15-,16+;/m0./s1. The van der Waals surface area contributed by atoms with Crippen molar-refractivity contribution in [3.8, 4) is 11.5 Å². The molecule has 2 heterocycles. The summed E-state index contributed by atoms with van der Waals surface area (Å²) in [5.74, 6) is 1.74. The second-order valence-corrected chi connectivity index (χ2v) is 6.34. The quantitative estimate of drug-likeness (QED) is 0.912. The molecule has 1 fully saturated rings. The van der Waals surface area contributed by atoms with Crippen molar-refractivity contribution < 1.29 is 14.3 Å². The van der Waals surface area contributed by atoms with Gasteiger partial charge >= 0.3 is 0 Å². The average Bonchev–Trinajstić information content (AvgIpc) is 3.21. The van der Waals surface area contributed by atoms with Gasteiger partial charge < -0.3 is 20.1 Å². The van der Waals surface area contributed by atoms with E-state index in [9.17, 15) is 4.79 Å². The van der Waals surface area contributed by atoms with Gasteiger partial charge in [-0.05, 0) is 23.3 Å². The zero-order valence-electron chi connectivity index (χ0n) is 13.8. The van der Waals surface area contributed by atoms with Crippen molar-refractivity contribution in [3.05, 3.63) is 59.7 Å². The number of nitrogens with two attached hydrogens (primary N) is 1. The highest BCUT2D eigenvalue weighted by Crippen LogP contribution is 2.33. The van der Waals surface area contributed by atoms with Crippen LogP contribution in [0.4, 0.5) is 0 Å². The van der Waals surface area contributed by atoms with Crippen LogP contribution in [0, 0.1) is 0 Å². The topological polar surface area (TPSA) is 64.8 Å². The second-order valence-electron chi connectivity index (χ2n) is 6.34. The molecule has 0 aromatic heterocycles. The molecule has 2 aromatic rings. The monoisotopic (exact) mass is 360 g/mol. The zero-order valence-corrected chi connectivity index (χ0v) is 14.6. The lowest BCUT2D eigenvalue weighted by Gasteiger charge is -2.16. The summed E-state index contributed by atoms with van der Waals surface area (Å²) in [6.07, 6.45) is 0.352. The van der Waals surface area contributed by atoms with Gasteiger partial charge in [-0.15, -0.1) is 12.4 Å². The van der Waals surface area contributed by atoms with Crippen LogP contribution in [0.5, 0.6) is 11.5 Å². The van der Waals surface area contributed by atoms with Gasteiger partial charge in [-0.25, -0.2) is 0 Å². The highest BCUT2D eigenvalue weighted by atomic mass is 35.5. The molecule has 2 atom stereocenters. The summed E-state index contributed by atoms with van der Waals surface area (Å²) in [5.41, 5.74) is 8.40. The Labute approximate surface area is 153 Å². The van der Waals surface area contributed by atoms with Gasteiger partial charge in [0.05, 0.1) is 6.42 Å². The molecule has 0 spiro atoms. The molecule has 4 rings (SSSR count). The van der Waals surface area contributed by atoms with Crippen LogP contribution in [-0.2, 0) is 11.2 Å². The number of rotatable bonds is 3. The molecule has 2 N–H and O–H groups in total. The summed E-state index contributed by atoms with van der Waals surface area (Å²) in [6, 6.07) is 15.8. The number of nitrogens with zero attached hydrogens (tertiary/aromatic N) is 1. The van der Waals surface area contributed by atoms with Crippen molar-refractivity contribution in [2.24, 2.45) is 5.73 Å². The van der Waals surface area contributed by atoms with Crippen LogP contribution in [0.25, 0.3) is 0 Å². The Morgan fingerprint density at radius 1 is 1.08 bits per heavy atom. The zero-order chi connectivity index (χ0) is 16.5. The molecule has 2 aromatic carbocycles. The van der Waals surface area contributed by atoms with Crippen LogP contribution in [0.15, 0.2) is 48.5 Å². The lowest BCUT2D eigenvalue weighted by Crippen LogP contribution is -2.33. The number of carbonyl (C=O) groups is 1. The van der Waals surface area contributed by atoms with Crippen LogP contribution in [-0.4, -0.2) is 36.7 Å². The van der Waals surface area contributed by atoms with Crippen LogP contribution in [0.3, 0.4) is 0 Å². The van der Waals surface area contributed by atoms with E-state index in [1.807, 2.05) is 41.3 Å². The van der Waals surface area contributed by atoms with Crippen molar-refractivity contribution in [2.75, 3.05) is 19.9 Å². The highest BCUT2D eigenvalue weighted by molar-refractivity contribution is 5.85. The normalized spacial score (nSPS) is 21.1. The van der Waals surface area contributed by atoms with Gasteiger partial charge in [-0.3, -0.25) is 4.79 Å². The average molecular weight is 361 g/mol. The fraction of sp³-hybridized carbons (Fsp3) is 0.316. The fourth-order valence-corrected chi connectivity index (χ4v) is 3.42. The Morgan fingerprint density at radius 3 is 2.64 bits per heavy atom. The van der Waals surface area contributed by atoms with Gasteiger partial charge in [-0.1, -0.05) is 36.4 Å². The SMILES string of the molecule is Cl.N[C@@H]1CN(C(=O)Cc2ccc3c(c2)OCO3)C[C@H]1c1ccccc1. The summed E-state index contributed by atoms with van der Waals surface area (Å²) < 4.78 is 10.7. The van der Waals surface area contributed by atoms with Crippen LogP contribution < -0.4 is 15.2 Å². The first-order chi connectivity index (χ1) is 11.7. The molecular weight excluding hydrogens is 340 g/mol. The third kappa shape index (κ3) is 3.57. The predicted octanol–water partition coefficient (Wildman–Crippen LogP) is 2.33. The van der Waals surface area contributed by atoms with E-state index in [-0.39, 0.29) is 37.1 Å². The van der Waals surface area contributed by atoms with Crippen molar-refractivity contribution in [2.45, 2.75) is 18.4 Å². The second kappa shape index (κ2) is 7.33. The highest BCUT2D eigenvalue weighted by Gasteiger charge is 2.33. The van der Waals surface area contributed by atoms with Gasteiger partial charge in [-0.2, -0.15) is 0 Å². The van der Waals surface area contributed by atoms with E-state index in [1.54, 1.807) is 0 Å². The van der Waals surface area contributed by atoms with Gasteiger partial charge in [0.15, 0.2) is 11.5 Å². The Bertz CT molecular complexity index is 754. The lowest BCUT2D eigenvalue weighted by molar-refractivity contribution is -0.129. The lowest BCUT2D eigenvalue weighted by atomic mass is 9.95. The molecule has 0 bridgehead atoms. The molecule has 1 saturated heterocycles. The minimum absolute atomic E-state index is 0. The van der Waals surface area contributed by atoms with Crippen molar-refractivity contribution >= 4 is 18.3 Å². The molecule has 1 amide bonds. The number of benzene rings is 2. The van der Waals surface area contributed by atoms with Gasteiger partial charge in [0, 0.05) is 25.0 Å². The number of hydrogen-bond acceptors (Lipinski definition) is 4. The molecule has 0 radical (unpaired) electrons. The summed E-state index contributed by atoms with van der Waals surface area (Å²) in [6.45, 7) is 1.52. The molecule has 5 nitrogen and oxygen atoms in total. The number of hydrogen-bond donors (Lipinski definition) is 1. The molecule has 0 aliphatic carbocycles. The van der Waals surface area contributed by atoms with E-state index in [1.165, 1.54) is 5.56 Å². The molecule has 132 valence electrons. The molecule has 0 saturated carbocycles. The fourth-order valence-electron chi connectivity index (χ4n) is 3.42. The summed E-state index contributed by atoms with van der Waals surface area (Å²) in [7, 11) is 0. The van der Waals surface area contributed by atoms with Crippen LogP contribution in [0.1, 0.15) is 17.0 Å². The summed E-state index contributed by atoms with van der Waals surface area (Å²) >= 11 is 0. The van der Waals surface area contributed by atoms with Crippen LogP contribution >= 0.6 is 12.4 Å². The van der Waals surface area contributed by atoms with E-state index in [2.05, 4.69) is 12.1 Å². The number of carbonyl (C=O) groups excluding carboxylic acids is 1. The first-order valence-electron chi connectivity index (χ1n) is 8.17. The smallest absolute Gasteiger partial charge is 0.231 e. The predicted molar refractivity (Wildman–Crippen MR) is 97.3 cm³/mol. The maximum atomic E-state index is 12.6. The van der Waals surface area contributed by atoms with Crippen LogP contribution in [0.2, 0.25) is 0 Å². The Kier molecular flexibility index (Phi) is 5.16. The third-order valence-corrected chi connectivity index (χ3v) is 4.74. The Balaban J connectivity index is 0.00000182. The van der Waals surface area contributed by atoms with E-state index >= 15 is 0 Å². The third-order valence-electron chi connectivity index (χ3n) is 4.74. The number of amides is 1. The van der Waals surface area contributed by atoms with E-state index in [0.29, 0.717) is 25.3 Å². The van der Waals surface area contributed by atoms with Gasteiger partial charge in [0.1, 0.15) is 0 Å². The minimum Gasteiger partial charge on any atom is -0.454 e. The largest absolute Gasteiger partial charge is 0.454 e.